The zero-order valence-corrected chi connectivity index (χ0v) is 8.15. The van der Waals surface area contributed by atoms with Crippen molar-refractivity contribution in [1.29, 1.82) is 0 Å². The molecule has 0 heterocycles. The van der Waals surface area contributed by atoms with E-state index in [0.717, 1.165) is 0 Å². The Kier molecular flexibility index (Phi) is 2.30. The monoisotopic (exact) mass is 203 g/mol. The van der Waals surface area contributed by atoms with E-state index in [-0.39, 0.29) is 5.69 Å². The summed E-state index contributed by atoms with van der Waals surface area (Å²) in [6, 6.07) is 3.04. The molecule has 0 amide bonds. The van der Waals surface area contributed by atoms with Crippen molar-refractivity contribution in [1.82, 2.24) is 0 Å². The zero-order valence-electron chi connectivity index (χ0n) is 7.33. The minimum absolute atomic E-state index is 0.0504. The van der Waals surface area contributed by atoms with Gasteiger partial charge in [-0.15, -0.1) is 3.89 Å². The Morgan fingerprint density at radius 3 is 2.23 bits per heavy atom. The molecule has 3 nitrogen and oxygen atoms in total. The van der Waals surface area contributed by atoms with Crippen molar-refractivity contribution in [3.05, 3.63) is 23.3 Å². The largest absolute Gasteiger partial charge is 0.398 e. The molecule has 0 saturated carbocycles. The summed E-state index contributed by atoms with van der Waals surface area (Å²) < 4.78 is 34.1. The van der Waals surface area contributed by atoms with Crippen molar-refractivity contribution in [3.63, 3.8) is 0 Å². The van der Waals surface area contributed by atoms with Gasteiger partial charge in [0.25, 0.3) is 0 Å². The number of benzene rings is 1. The summed E-state index contributed by atoms with van der Waals surface area (Å²) in [5, 5.41) is 0. The van der Waals surface area contributed by atoms with E-state index in [0.29, 0.717) is 11.1 Å². The fraction of sp³-hybridized carbons (Fsp3) is 0.250. The number of halogens is 1. The quantitative estimate of drug-likeness (QED) is 0.556. The van der Waals surface area contributed by atoms with E-state index in [1.165, 1.54) is 13.0 Å². The van der Waals surface area contributed by atoms with Crippen molar-refractivity contribution in [2.24, 2.45) is 0 Å². The van der Waals surface area contributed by atoms with Crippen LogP contribution in [0.5, 0.6) is 0 Å². The third-order valence-corrected chi connectivity index (χ3v) is 2.98. The van der Waals surface area contributed by atoms with Gasteiger partial charge in [-0.1, -0.05) is 6.07 Å². The summed E-state index contributed by atoms with van der Waals surface area (Å²) in [6.45, 7) is 3.22. The highest BCUT2D eigenvalue weighted by molar-refractivity contribution is 7.86. The molecule has 0 aliphatic rings. The Morgan fingerprint density at radius 2 is 1.85 bits per heavy atom. The summed E-state index contributed by atoms with van der Waals surface area (Å²) in [4.78, 5) is -0.410. The molecule has 0 saturated heterocycles. The van der Waals surface area contributed by atoms with Crippen LogP contribution in [-0.4, -0.2) is 8.42 Å². The molecule has 1 aromatic rings. The van der Waals surface area contributed by atoms with Crippen LogP contribution in [0.3, 0.4) is 0 Å². The van der Waals surface area contributed by atoms with Crippen LogP contribution in [-0.2, 0) is 10.2 Å². The first-order valence-corrected chi connectivity index (χ1v) is 5.02. The number of nitrogens with two attached hydrogens (primary N) is 1. The molecule has 0 aromatic heterocycles. The number of anilines is 1. The fourth-order valence-corrected chi connectivity index (χ4v) is 2.01. The highest BCUT2D eigenvalue weighted by atomic mass is 32.3. The van der Waals surface area contributed by atoms with E-state index in [1.54, 1.807) is 13.0 Å². The first kappa shape index (κ1) is 9.98. The first-order valence-electron chi connectivity index (χ1n) is 3.64. The van der Waals surface area contributed by atoms with Gasteiger partial charge in [0, 0.05) is 0 Å². The third-order valence-electron chi connectivity index (χ3n) is 1.95. The maximum Gasteiger partial charge on any atom is 0.334 e. The van der Waals surface area contributed by atoms with Crippen LogP contribution in [0.25, 0.3) is 0 Å². The molecule has 2 N–H and O–H groups in total. The van der Waals surface area contributed by atoms with Crippen LogP contribution >= 0.6 is 0 Å². The van der Waals surface area contributed by atoms with Gasteiger partial charge in [-0.25, -0.2) is 0 Å². The average molecular weight is 203 g/mol. The van der Waals surface area contributed by atoms with Gasteiger partial charge in [0.05, 0.1) is 5.69 Å². The molecular weight excluding hydrogens is 193 g/mol. The van der Waals surface area contributed by atoms with Crippen LogP contribution in [0, 0.1) is 13.8 Å². The van der Waals surface area contributed by atoms with Crippen LogP contribution in [0.4, 0.5) is 9.57 Å². The molecule has 0 unspecified atom stereocenters. The normalized spacial score (nSPS) is 11.6. The second-order valence-electron chi connectivity index (χ2n) is 2.86. The van der Waals surface area contributed by atoms with Gasteiger partial charge in [0.2, 0.25) is 0 Å². The summed E-state index contributed by atoms with van der Waals surface area (Å²) in [6.07, 6.45) is 0. The van der Waals surface area contributed by atoms with E-state index in [9.17, 15) is 12.3 Å². The number of aryl methyl sites for hydroxylation is 1. The third kappa shape index (κ3) is 1.80. The van der Waals surface area contributed by atoms with E-state index >= 15 is 0 Å². The van der Waals surface area contributed by atoms with Crippen LogP contribution in [0.15, 0.2) is 17.0 Å². The molecule has 5 heteroatoms. The summed E-state index contributed by atoms with van der Waals surface area (Å²) >= 11 is 0. The van der Waals surface area contributed by atoms with Crippen molar-refractivity contribution >= 4 is 15.9 Å². The Morgan fingerprint density at radius 1 is 1.31 bits per heavy atom. The Bertz CT molecular complexity index is 440. The summed E-state index contributed by atoms with van der Waals surface area (Å²) in [5.41, 5.74) is 6.37. The lowest BCUT2D eigenvalue weighted by atomic mass is 10.1. The lowest BCUT2D eigenvalue weighted by Crippen LogP contribution is -2.03. The molecule has 0 aliphatic carbocycles. The van der Waals surface area contributed by atoms with Crippen molar-refractivity contribution in [2.75, 3.05) is 5.73 Å². The van der Waals surface area contributed by atoms with Gasteiger partial charge in [-0.2, -0.15) is 8.42 Å². The second-order valence-corrected chi connectivity index (χ2v) is 4.15. The smallest absolute Gasteiger partial charge is 0.334 e. The number of nitrogen functional groups attached to an aromatic ring is 1. The minimum atomic E-state index is -4.71. The maximum atomic E-state index is 12.7. The van der Waals surface area contributed by atoms with Gasteiger partial charge < -0.3 is 5.73 Å². The first-order chi connectivity index (χ1) is 5.84. The molecular formula is C8H10FNO2S. The van der Waals surface area contributed by atoms with Crippen LogP contribution in [0.2, 0.25) is 0 Å². The number of hydrogen-bond acceptors (Lipinski definition) is 3. The molecule has 0 fully saturated rings. The molecule has 13 heavy (non-hydrogen) atoms. The summed E-state index contributed by atoms with van der Waals surface area (Å²) in [5.74, 6) is 0. The Labute approximate surface area is 76.6 Å². The van der Waals surface area contributed by atoms with Gasteiger partial charge in [0.15, 0.2) is 0 Å². The van der Waals surface area contributed by atoms with E-state index in [2.05, 4.69) is 0 Å². The summed E-state index contributed by atoms with van der Waals surface area (Å²) in [7, 11) is -4.71. The van der Waals surface area contributed by atoms with E-state index < -0.39 is 15.1 Å². The van der Waals surface area contributed by atoms with Crippen molar-refractivity contribution < 1.29 is 12.3 Å². The predicted molar refractivity (Wildman–Crippen MR) is 48.6 cm³/mol. The Balaban J connectivity index is 3.62. The molecule has 72 valence electrons. The van der Waals surface area contributed by atoms with Crippen LogP contribution in [0.1, 0.15) is 11.1 Å². The molecule has 1 aromatic carbocycles. The maximum absolute atomic E-state index is 12.7. The topological polar surface area (TPSA) is 60.2 Å². The number of rotatable bonds is 1. The SMILES string of the molecule is Cc1ccc(N)c(S(=O)(=O)F)c1C. The van der Waals surface area contributed by atoms with Gasteiger partial charge in [0.1, 0.15) is 4.90 Å². The highest BCUT2D eigenvalue weighted by Gasteiger charge is 2.19. The van der Waals surface area contributed by atoms with E-state index in [4.69, 9.17) is 5.73 Å². The predicted octanol–water partition coefficient (Wildman–Crippen LogP) is 1.54. The fourth-order valence-electron chi connectivity index (χ4n) is 1.13. The molecule has 0 aliphatic heterocycles. The second kappa shape index (κ2) is 2.99. The van der Waals surface area contributed by atoms with Gasteiger partial charge >= 0.3 is 10.2 Å². The lowest BCUT2D eigenvalue weighted by molar-refractivity contribution is 0.552. The molecule has 1 rings (SSSR count). The zero-order chi connectivity index (χ0) is 10.2. The molecule has 0 spiro atoms. The minimum Gasteiger partial charge on any atom is -0.398 e. The van der Waals surface area contributed by atoms with Gasteiger partial charge in [-0.05, 0) is 31.0 Å². The number of hydrogen-bond donors (Lipinski definition) is 1. The van der Waals surface area contributed by atoms with Gasteiger partial charge in [-0.3, -0.25) is 0 Å². The molecule has 0 radical (unpaired) electrons. The Hall–Kier alpha value is -1.10. The molecule has 0 atom stereocenters. The van der Waals surface area contributed by atoms with Crippen molar-refractivity contribution in [2.45, 2.75) is 18.7 Å². The van der Waals surface area contributed by atoms with Crippen molar-refractivity contribution in [3.8, 4) is 0 Å². The van der Waals surface area contributed by atoms with E-state index in [1.807, 2.05) is 0 Å². The standard InChI is InChI=1S/C8H10FNO2S/c1-5-3-4-7(10)8(6(5)2)13(9,11)12/h3-4H,10H2,1-2H3. The molecule has 0 bridgehead atoms. The average Bonchev–Trinajstić information content (AvgIpc) is 1.95. The lowest BCUT2D eigenvalue weighted by Gasteiger charge is -2.07. The highest BCUT2D eigenvalue weighted by Crippen LogP contribution is 2.26. The van der Waals surface area contributed by atoms with Crippen LogP contribution < -0.4 is 5.73 Å².